The lowest BCUT2D eigenvalue weighted by atomic mass is 10.1. The summed E-state index contributed by atoms with van der Waals surface area (Å²) in [6.45, 7) is 0.951. The van der Waals surface area contributed by atoms with Gasteiger partial charge in [-0.2, -0.15) is 4.31 Å². The van der Waals surface area contributed by atoms with E-state index in [1.165, 1.54) is 30.7 Å². The lowest BCUT2D eigenvalue weighted by molar-refractivity contribution is -0.00255. The fourth-order valence-electron chi connectivity index (χ4n) is 2.84. The lowest BCUT2D eigenvalue weighted by Crippen LogP contribution is -2.42. The summed E-state index contributed by atoms with van der Waals surface area (Å²) in [5.74, 6) is 0.877. The Morgan fingerprint density at radius 2 is 1.76 bits per heavy atom. The second-order valence-electron chi connectivity index (χ2n) is 5.65. The average molecular weight is 363 g/mol. The van der Waals surface area contributed by atoms with Crippen molar-refractivity contribution in [1.82, 2.24) is 4.31 Å². The normalized spacial score (nSPS) is 18.7. The molecule has 0 aliphatic carbocycles. The van der Waals surface area contributed by atoms with E-state index in [1.54, 1.807) is 6.07 Å². The highest BCUT2D eigenvalue weighted by atomic mass is 32.2. The van der Waals surface area contributed by atoms with E-state index >= 15 is 0 Å². The van der Waals surface area contributed by atoms with Crippen LogP contribution in [0, 0.1) is 0 Å². The van der Waals surface area contributed by atoms with Crippen LogP contribution in [0.4, 0.5) is 0 Å². The molecule has 1 saturated heterocycles. The van der Waals surface area contributed by atoms with Crippen LogP contribution in [0.3, 0.4) is 0 Å². The highest BCUT2D eigenvalue weighted by Crippen LogP contribution is 2.32. The zero-order chi connectivity index (χ0) is 17.9. The Morgan fingerprint density at radius 1 is 1.04 bits per heavy atom. The number of methoxy groups -OCH3 is 2. The molecule has 134 valence electrons. The van der Waals surface area contributed by atoms with Crippen LogP contribution in [0.25, 0.3) is 0 Å². The van der Waals surface area contributed by atoms with E-state index < -0.39 is 10.0 Å². The van der Waals surface area contributed by atoms with Gasteiger partial charge in [0.25, 0.3) is 0 Å². The van der Waals surface area contributed by atoms with Crippen LogP contribution in [0.15, 0.2) is 53.4 Å². The van der Waals surface area contributed by atoms with E-state index in [-0.39, 0.29) is 17.5 Å². The summed E-state index contributed by atoms with van der Waals surface area (Å²) in [6.07, 6.45) is -0.273. The third-order valence-corrected chi connectivity index (χ3v) is 6.05. The van der Waals surface area contributed by atoms with Gasteiger partial charge >= 0.3 is 0 Å². The van der Waals surface area contributed by atoms with Crippen LogP contribution in [-0.2, 0) is 14.8 Å². The number of nitrogens with zero attached hydrogens (tertiary/aromatic N) is 1. The highest BCUT2D eigenvalue weighted by Gasteiger charge is 2.32. The minimum atomic E-state index is -3.64. The van der Waals surface area contributed by atoms with E-state index in [0.29, 0.717) is 24.7 Å². The van der Waals surface area contributed by atoms with Crippen LogP contribution in [0.5, 0.6) is 11.5 Å². The predicted octanol–water partition coefficient (Wildman–Crippen LogP) is 2.47. The molecule has 1 fully saturated rings. The molecule has 0 N–H and O–H groups in total. The van der Waals surface area contributed by atoms with Gasteiger partial charge in [-0.05, 0) is 17.7 Å². The highest BCUT2D eigenvalue weighted by molar-refractivity contribution is 7.89. The molecule has 2 aromatic rings. The largest absolute Gasteiger partial charge is 0.493 e. The first-order valence-electron chi connectivity index (χ1n) is 7.95. The number of rotatable bonds is 5. The maximum absolute atomic E-state index is 13.0. The smallest absolute Gasteiger partial charge is 0.243 e. The number of benzene rings is 2. The maximum Gasteiger partial charge on any atom is 0.243 e. The molecule has 0 unspecified atom stereocenters. The summed E-state index contributed by atoms with van der Waals surface area (Å²) in [5, 5.41) is 0. The number of sulfonamides is 1. The summed E-state index contributed by atoms with van der Waals surface area (Å²) >= 11 is 0. The van der Waals surface area contributed by atoms with Gasteiger partial charge in [-0.3, -0.25) is 0 Å². The van der Waals surface area contributed by atoms with Crippen molar-refractivity contribution in [2.45, 2.75) is 11.0 Å². The Hall–Kier alpha value is -2.09. The first kappa shape index (κ1) is 17.7. The predicted molar refractivity (Wildman–Crippen MR) is 93.4 cm³/mol. The van der Waals surface area contributed by atoms with Crippen LogP contribution in [0.1, 0.15) is 11.7 Å². The minimum absolute atomic E-state index is 0.180. The molecule has 1 heterocycles. The van der Waals surface area contributed by atoms with Crippen molar-refractivity contribution in [3.05, 3.63) is 54.1 Å². The summed E-state index contributed by atoms with van der Waals surface area (Å²) < 4.78 is 43.6. The summed E-state index contributed by atoms with van der Waals surface area (Å²) in [7, 11) is -0.650. The van der Waals surface area contributed by atoms with Crippen molar-refractivity contribution in [1.29, 1.82) is 0 Å². The molecule has 1 aliphatic heterocycles. The maximum atomic E-state index is 13.0. The number of hydrogen-bond donors (Lipinski definition) is 0. The van der Waals surface area contributed by atoms with E-state index in [4.69, 9.17) is 14.2 Å². The van der Waals surface area contributed by atoms with Gasteiger partial charge in [0, 0.05) is 19.2 Å². The minimum Gasteiger partial charge on any atom is -0.493 e. The van der Waals surface area contributed by atoms with Gasteiger partial charge in [0.1, 0.15) is 0 Å². The number of hydrogen-bond acceptors (Lipinski definition) is 5. The fraction of sp³-hybridized carbons (Fsp3) is 0.333. The van der Waals surface area contributed by atoms with Gasteiger partial charge in [0.15, 0.2) is 11.5 Å². The molecule has 6 nitrogen and oxygen atoms in total. The summed E-state index contributed by atoms with van der Waals surface area (Å²) in [4.78, 5) is 0.180. The van der Waals surface area contributed by atoms with Gasteiger partial charge in [-0.15, -0.1) is 0 Å². The Bertz CT molecular complexity index is 823. The van der Waals surface area contributed by atoms with E-state index in [9.17, 15) is 8.42 Å². The van der Waals surface area contributed by atoms with Gasteiger partial charge in [0.2, 0.25) is 10.0 Å². The lowest BCUT2D eigenvalue weighted by Gasteiger charge is -2.32. The summed E-state index contributed by atoms with van der Waals surface area (Å²) in [6, 6.07) is 14.3. The SMILES string of the molecule is COc1ccc(S(=O)(=O)N2CCO[C@@H](c3ccccc3)C2)cc1OC. The molecule has 0 spiro atoms. The fourth-order valence-corrected chi connectivity index (χ4v) is 4.28. The van der Waals surface area contributed by atoms with Gasteiger partial charge < -0.3 is 14.2 Å². The third kappa shape index (κ3) is 3.63. The van der Waals surface area contributed by atoms with Crippen molar-refractivity contribution in [3.63, 3.8) is 0 Å². The number of ether oxygens (including phenoxy) is 3. The molecule has 3 rings (SSSR count). The van der Waals surface area contributed by atoms with Crippen molar-refractivity contribution >= 4 is 10.0 Å². The molecule has 2 aromatic carbocycles. The van der Waals surface area contributed by atoms with E-state index in [0.717, 1.165) is 5.56 Å². The molecule has 0 amide bonds. The molecule has 0 radical (unpaired) electrons. The Morgan fingerprint density at radius 3 is 2.44 bits per heavy atom. The molecule has 0 saturated carbocycles. The molecule has 0 aromatic heterocycles. The first-order valence-corrected chi connectivity index (χ1v) is 9.39. The Balaban J connectivity index is 1.87. The molecule has 1 atom stereocenters. The van der Waals surface area contributed by atoms with Gasteiger partial charge in [-0.25, -0.2) is 8.42 Å². The molecule has 25 heavy (non-hydrogen) atoms. The van der Waals surface area contributed by atoms with Crippen LogP contribution in [0.2, 0.25) is 0 Å². The van der Waals surface area contributed by atoms with E-state index in [1.807, 2.05) is 30.3 Å². The van der Waals surface area contributed by atoms with Gasteiger partial charge in [-0.1, -0.05) is 30.3 Å². The van der Waals surface area contributed by atoms with Crippen molar-refractivity contribution in [2.75, 3.05) is 33.9 Å². The average Bonchev–Trinajstić information content (AvgIpc) is 2.68. The van der Waals surface area contributed by atoms with Crippen LogP contribution >= 0.6 is 0 Å². The zero-order valence-corrected chi connectivity index (χ0v) is 15.0. The third-order valence-electron chi connectivity index (χ3n) is 4.19. The van der Waals surface area contributed by atoms with Crippen LogP contribution in [-0.4, -0.2) is 46.6 Å². The zero-order valence-electron chi connectivity index (χ0n) is 14.2. The second kappa shape index (κ2) is 7.43. The Labute approximate surface area is 148 Å². The van der Waals surface area contributed by atoms with E-state index in [2.05, 4.69) is 0 Å². The monoisotopic (exact) mass is 363 g/mol. The van der Waals surface area contributed by atoms with Crippen molar-refractivity contribution < 1.29 is 22.6 Å². The standard InChI is InChI=1S/C18H21NO5S/c1-22-16-9-8-15(12-17(16)23-2)25(20,21)19-10-11-24-18(13-19)14-6-4-3-5-7-14/h3-9,12,18H,10-11,13H2,1-2H3/t18-/m1/s1. The second-order valence-corrected chi connectivity index (χ2v) is 7.59. The van der Waals surface area contributed by atoms with Crippen molar-refractivity contribution in [2.24, 2.45) is 0 Å². The molecule has 1 aliphatic rings. The molecular weight excluding hydrogens is 342 g/mol. The molecule has 7 heteroatoms. The molecule has 0 bridgehead atoms. The van der Waals surface area contributed by atoms with Crippen LogP contribution < -0.4 is 9.47 Å². The topological polar surface area (TPSA) is 65.1 Å². The van der Waals surface area contributed by atoms with Gasteiger partial charge in [0.05, 0.1) is 31.8 Å². The molecular formula is C18H21NO5S. The first-order chi connectivity index (χ1) is 12.1. The van der Waals surface area contributed by atoms with Crippen molar-refractivity contribution in [3.8, 4) is 11.5 Å². The quantitative estimate of drug-likeness (QED) is 0.816. The number of morpholine rings is 1. The summed E-state index contributed by atoms with van der Waals surface area (Å²) in [5.41, 5.74) is 0.967. The Kier molecular flexibility index (Phi) is 5.27.